The maximum absolute atomic E-state index is 11.7. The minimum atomic E-state index is -2.27. The first-order chi connectivity index (χ1) is 42.2. The second kappa shape index (κ2) is 31.9. The molecule has 89 heavy (non-hydrogen) atoms. The van der Waals surface area contributed by atoms with Crippen molar-refractivity contribution in [3.05, 3.63) is 0 Å². The van der Waals surface area contributed by atoms with Crippen LogP contribution in [0.1, 0.15) is 0 Å². The minimum absolute atomic E-state index is 0.319. The highest BCUT2D eigenvalue weighted by Crippen LogP contribution is 2.40. The molecule has 0 aliphatic carbocycles. The molecule has 19 unspecified atom stereocenters. The van der Waals surface area contributed by atoms with Gasteiger partial charge in [0.25, 0.3) is 0 Å². The van der Waals surface area contributed by atoms with E-state index >= 15 is 0 Å². The van der Waals surface area contributed by atoms with E-state index in [-0.39, 0.29) is 11.5 Å². The van der Waals surface area contributed by atoms with Gasteiger partial charge in [-0.3, -0.25) is 9.59 Å². The molecule has 21 saturated heterocycles. The van der Waals surface area contributed by atoms with E-state index in [1.165, 1.54) is 0 Å². The number of carboxylic acids is 2. The Morgan fingerprint density at radius 2 is 0.438 bits per heavy atom. The predicted molar refractivity (Wildman–Crippen MR) is 280 cm³/mol. The van der Waals surface area contributed by atoms with Crippen LogP contribution >= 0.6 is 23.5 Å². The summed E-state index contributed by atoms with van der Waals surface area (Å²) in [6.07, 6.45) is -71.4. The number of aliphatic hydroxyl groups is 19. The number of aliphatic carboxylic acids is 2. The fourth-order valence-corrected chi connectivity index (χ4v) is 13.2. The first-order valence-corrected chi connectivity index (χ1v) is 30.4. The summed E-state index contributed by atoms with van der Waals surface area (Å²) in [7, 11) is 0. The monoisotopic (exact) mass is 1340 g/mol. The second-order valence-electron chi connectivity index (χ2n) is 22.3. The lowest BCUT2D eigenvalue weighted by Crippen LogP contribution is -2.68. The standard InChI is InChI=1S/C48H80N2O37S2/c49-10(40(70)71)6-88-8-17-38-25(62)32(69)48(80-17)85-37-16(5-55)76-44(28(65)21(37)58)83-35-14(3-53)78-46(30(67)23(35)60)87-39-18(9-89-7-11(50)41(72)73)79-47(31(68)24(39)61)84-36-15(4-54)75-43(27(64)20(36)57)81-33-12(1-51)74-42(26(63)19(33)56)82-34-13(2-52)77-45(86-38)29(66)22(34)59/h10-39,42-48,51-69H,1-9,49-50H2,(H,70,71)(H,72,73)/t10-,11?,12?,13?,14?,15?,16?,17?,18?,19?,20?,21?,22-,23-,24?,25-,26?,27?,28?,29?,30?,31?,32?,33-,34-,35-,36-,37-,38-,39-,42-,43-,44+,45-,46+,47+,48-/m1/s1. The molecule has 25 N–H and O–H groups in total. The van der Waals surface area contributed by atoms with E-state index in [0.717, 1.165) is 23.5 Å². The lowest BCUT2D eigenvalue weighted by molar-refractivity contribution is -0.395. The molecule has 0 aromatic rings. The summed E-state index contributed by atoms with van der Waals surface area (Å²) in [6, 6.07) is -2.94. The predicted octanol–water partition coefficient (Wildman–Crippen LogP) is -14.9. The number of hydrogen-bond acceptors (Lipinski definition) is 39. The molecule has 0 saturated carbocycles. The largest absolute Gasteiger partial charge is 0.480 e. The van der Waals surface area contributed by atoms with E-state index in [9.17, 15) is 117 Å². The lowest BCUT2D eigenvalue weighted by atomic mass is 9.95. The van der Waals surface area contributed by atoms with Gasteiger partial charge >= 0.3 is 11.9 Å². The summed E-state index contributed by atoms with van der Waals surface area (Å²) in [6.45, 7) is -5.43. The van der Waals surface area contributed by atoms with Crippen LogP contribution in [0.3, 0.4) is 0 Å². The van der Waals surface area contributed by atoms with Crippen molar-refractivity contribution in [2.45, 2.75) is 227 Å². The van der Waals surface area contributed by atoms with E-state index in [0.29, 0.717) is 0 Å². The van der Waals surface area contributed by atoms with Crippen molar-refractivity contribution in [3.8, 4) is 0 Å². The minimum Gasteiger partial charge on any atom is -0.480 e. The van der Waals surface area contributed by atoms with Gasteiger partial charge in [-0.1, -0.05) is 0 Å². The van der Waals surface area contributed by atoms with E-state index in [4.69, 9.17) is 77.8 Å². The third-order valence-electron chi connectivity index (χ3n) is 16.2. The van der Waals surface area contributed by atoms with Crippen LogP contribution in [-0.2, 0) is 75.9 Å². The van der Waals surface area contributed by atoms with E-state index < -0.39 is 284 Å². The van der Waals surface area contributed by atoms with Crippen molar-refractivity contribution >= 4 is 35.5 Å². The normalized spacial score (nSPS) is 50.1. The quantitative estimate of drug-likeness (QED) is 0.0724. The van der Waals surface area contributed by atoms with Crippen LogP contribution in [0, 0.1) is 0 Å². The number of thioether (sulfide) groups is 2. The zero-order valence-corrected chi connectivity index (χ0v) is 48.3. The van der Waals surface area contributed by atoms with Gasteiger partial charge in [0.2, 0.25) is 0 Å². The Balaban J connectivity index is 1.11. The van der Waals surface area contributed by atoms with E-state index in [1.54, 1.807) is 0 Å². The Kier molecular flexibility index (Phi) is 26.2. The first-order valence-electron chi connectivity index (χ1n) is 28.1. The zero-order valence-electron chi connectivity index (χ0n) is 46.6. The van der Waals surface area contributed by atoms with Crippen molar-refractivity contribution in [2.24, 2.45) is 11.5 Å². The SMILES string of the molecule is NC(CSCC1O[C@H]2O[C@@H]3C(CO)O[C@H](O[C@@H]4C(CO)O[C@H](O[C@@H]5C(CO)O[C@H](O[C@@H]6C(CSC[C@@H](N)C(=O)O)O[C@H](O[C@@H]7C(CO)O[C@@H](O[C@@H]8C(CO)O[C@@H](O[C@H]1C(O)C2O)C(O)[C@H]8O)C(O)C7O)C(O)[C@H]6O)C(O)[C@H]5O)C(O)C4O)C(O)C3O)C(=O)O. The van der Waals surface area contributed by atoms with Crippen LogP contribution in [0.15, 0.2) is 0 Å². The Morgan fingerprint density at radius 1 is 0.281 bits per heavy atom. The molecule has 37 atom stereocenters. The second-order valence-corrected chi connectivity index (χ2v) is 24.4. The van der Waals surface area contributed by atoms with E-state index in [2.05, 4.69) is 0 Å². The van der Waals surface area contributed by atoms with Crippen LogP contribution in [0.25, 0.3) is 0 Å². The van der Waals surface area contributed by atoms with Gasteiger partial charge in [-0.25, -0.2) is 0 Å². The highest BCUT2D eigenvalue weighted by molar-refractivity contribution is 7.99. The van der Waals surface area contributed by atoms with Gasteiger partial charge in [-0.15, -0.1) is 0 Å². The molecule has 14 bridgehead atoms. The Labute approximate surface area is 511 Å². The summed E-state index contributed by atoms with van der Waals surface area (Å²) in [4.78, 5) is 23.2. The zero-order chi connectivity index (χ0) is 65.2. The average Bonchev–Trinajstić information content (AvgIpc) is 0.884. The number of carbonyl (C=O) groups is 2. The van der Waals surface area contributed by atoms with Crippen LogP contribution in [0.5, 0.6) is 0 Å². The number of hydrogen-bond donors (Lipinski definition) is 23. The summed E-state index contributed by atoms with van der Waals surface area (Å²) >= 11 is 1.60. The molecule has 0 aromatic carbocycles. The Hall–Kier alpha value is -1.76. The first kappa shape index (κ1) is 73.1. The molecule has 21 rings (SSSR count). The van der Waals surface area contributed by atoms with Crippen molar-refractivity contribution in [1.29, 1.82) is 0 Å². The molecule has 21 aliphatic heterocycles. The van der Waals surface area contributed by atoms with Crippen LogP contribution < -0.4 is 11.5 Å². The van der Waals surface area contributed by atoms with Crippen LogP contribution in [0.4, 0.5) is 0 Å². The van der Waals surface area contributed by atoms with Gasteiger partial charge in [-0.2, -0.15) is 23.5 Å². The highest BCUT2D eigenvalue weighted by atomic mass is 32.2. The number of aliphatic hydroxyl groups excluding tert-OH is 19. The highest BCUT2D eigenvalue weighted by Gasteiger charge is 2.60. The van der Waals surface area contributed by atoms with Gasteiger partial charge in [0.15, 0.2) is 44.0 Å². The molecule has 0 radical (unpaired) electrons. The summed E-state index contributed by atoms with van der Waals surface area (Å²) in [5, 5.41) is 233. The number of ether oxygens (including phenoxy) is 14. The Bertz CT molecular complexity index is 2200. The third kappa shape index (κ3) is 15.9. The molecular weight excluding hydrogens is 1260 g/mol. The topological polar surface area (TPSA) is 640 Å². The van der Waals surface area contributed by atoms with Gasteiger partial charge in [0.1, 0.15) is 171 Å². The molecule has 21 aliphatic rings. The summed E-state index contributed by atoms with van der Waals surface area (Å²) in [5.74, 6) is -4.26. The molecule has 0 amide bonds. The van der Waals surface area contributed by atoms with E-state index in [1.807, 2.05) is 0 Å². The maximum atomic E-state index is 11.7. The number of nitrogens with two attached hydrogens (primary N) is 2. The molecule has 21 heterocycles. The van der Waals surface area contributed by atoms with Crippen LogP contribution in [-0.4, -0.2) is 402 Å². The summed E-state index contributed by atoms with van der Waals surface area (Å²) in [5.41, 5.74) is 11.4. The van der Waals surface area contributed by atoms with Crippen molar-refractivity contribution < 1.29 is 183 Å². The van der Waals surface area contributed by atoms with Gasteiger partial charge in [0, 0.05) is 23.0 Å². The smallest absolute Gasteiger partial charge is 0.321 e. The van der Waals surface area contributed by atoms with Crippen molar-refractivity contribution in [3.63, 3.8) is 0 Å². The number of rotatable bonds is 15. The average molecular weight is 1340 g/mol. The van der Waals surface area contributed by atoms with Crippen molar-refractivity contribution in [1.82, 2.24) is 0 Å². The molecule has 41 heteroatoms. The molecule has 39 nitrogen and oxygen atoms in total. The molecular formula is C48H80N2O37S2. The fraction of sp³-hybridized carbons (Fsp3) is 0.958. The van der Waals surface area contributed by atoms with Gasteiger partial charge in [0.05, 0.1) is 45.2 Å². The molecule has 0 aromatic heterocycles. The molecule has 516 valence electrons. The summed E-state index contributed by atoms with van der Waals surface area (Å²) < 4.78 is 81.6. The molecule has 0 spiro atoms. The lowest BCUT2D eigenvalue weighted by Gasteiger charge is -2.50. The molecule has 21 fully saturated rings. The third-order valence-corrected chi connectivity index (χ3v) is 18.5. The Morgan fingerprint density at radius 3 is 0.596 bits per heavy atom. The number of carboxylic acid groups (broad SMARTS) is 2. The fourth-order valence-electron chi connectivity index (χ4n) is 11.2. The van der Waals surface area contributed by atoms with Crippen LogP contribution in [0.2, 0.25) is 0 Å². The van der Waals surface area contributed by atoms with Gasteiger partial charge in [-0.05, 0) is 0 Å². The van der Waals surface area contributed by atoms with Gasteiger partial charge < -0.3 is 185 Å². The maximum Gasteiger partial charge on any atom is 0.321 e. The van der Waals surface area contributed by atoms with Crippen molar-refractivity contribution in [2.75, 3.05) is 56.0 Å².